The molecule has 0 bridgehead atoms. The van der Waals surface area contributed by atoms with Crippen LogP contribution in [0.4, 0.5) is 0 Å². The lowest BCUT2D eigenvalue weighted by atomic mass is 10.0. The third-order valence-corrected chi connectivity index (χ3v) is 3.75. The number of carbonyl (C=O) groups is 1. The largest absolute Gasteiger partial charge is 0.376 e. The number of likely N-dealkylation sites (N-methyl/N-ethyl adjacent to an activating group) is 1. The van der Waals surface area contributed by atoms with Gasteiger partial charge in [0.2, 0.25) is 5.91 Å². The molecule has 1 amide bonds. The van der Waals surface area contributed by atoms with Gasteiger partial charge in [-0.25, -0.2) is 0 Å². The number of nitrogens with zero attached hydrogens (tertiary/aromatic N) is 1. The van der Waals surface area contributed by atoms with Crippen LogP contribution < -0.4 is 5.32 Å². The zero-order chi connectivity index (χ0) is 12.1. The van der Waals surface area contributed by atoms with Crippen LogP contribution in [0.2, 0.25) is 0 Å². The van der Waals surface area contributed by atoms with Gasteiger partial charge < -0.3 is 15.0 Å². The van der Waals surface area contributed by atoms with Crippen molar-refractivity contribution in [3.63, 3.8) is 0 Å². The van der Waals surface area contributed by atoms with E-state index in [1.165, 1.54) is 12.8 Å². The SMILES string of the molecule is CCN(CC1CCCO1)C(=O)C1CCCCN1. The highest BCUT2D eigenvalue weighted by Crippen LogP contribution is 2.15. The van der Waals surface area contributed by atoms with Crippen molar-refractivity contribution in [1.82, 2.24) is 10.2 Å². The highest BCUT2D eigenvalue weighted by molar-refractivity contribution is 5.82. The fraction of sp³-hybridized carbons (Fsp3) is 0.923. The van der Waals surface area contributed by atoms with Gasteiger partial charge in [0.1, 0.15) is 0 Å². The van der Waals surface area contributed by atoms with Gasteiger partial charge in [0, 0.05) is 19.7 Å². The Morgan fingerprint density at radius 3 is 2.82 bits per heavy atom. The van der Waals surface area contributed by atoms with Crippen LogP contribution in [-0.2, 0) is 9.53 Å². The Morgan fingerprint density at radius 1 is 1.35 bits per heavy atom. The Balaban J connectivity index is 1.84. The van der Waals surface area contributed by atoms with Gasteiger partial charge in [-0.2, -0.15) is 0 Å². The maximum absolute atomic E-state index is 12.3. The number of nitrogens with one attached hydrogen (secondary N) is 1. The Kier molecular flexibility index (Phi) is 4.80. The molecule has 0 radical (unpaired) electrons. The van der Waals surface area contributed by atoms with E-state index in [0.29, 0.717) is 0 Å². The van der Waals surface area contributed by atoms with Crippen LogP contribution >= 0.6 is 0 Å². The van der Waals surface area contributed by atoms with Crippen LogP contribution in [0.3, 0.4) is 0 Å². The first-order valence-corrected chi connectivity index (χ1v) is 6.95. The highest BCUT2D eigenvalue weighted by atomic mass is 16.5. The number of ether oxygens (including phenoxy) is 1. The number of carbonyl (C=O) groups excluding carboxylic acids is 1. The van der Waals surface area contributed by atoms with E-state index in [1.54, 1.807) is 0 Å². The van der Waals surface area contributed by atoms with Crippen molar-refractivity contribution in [3.8, 4) is 0 Å². The van der Waals surface area contributed by atoms with E-state index in [1.807, 2.05) is 4.90 Å². The fourth-order valence-corrected chi connectivity index (χ4v) is 2.69. The lowest BCUT2D eigenvalue weighted by Gasteiger charge is -2.30. The van der Waals surface area contributed by atoms with Crippen molar-refractivity contribution < 1.29 is 9.53 Å². The van der Waals surface area contributed by atoms with Crippen LogP contribution in [0.25, 0.3) is 0 Å². The molecule has 0 aliphatic carbocycles. The third kappa shape index (κ3) is 3.42. The van der Waals surface area contributed by atoms with E-state index in [0.717, 1.165) is 45.5 Å². The summed E-state index contributed by atoms with van der Waals surface area (Å²) in [6.07, 6.45) is 5.85. The molecule has 2 fully saturated rings. The molecule has 0 spiro atoms. The quantitative estimate of drug-likeness (QED) is 0.801. The number of rotatable bonds is 4. The van der Waals surface area contributed by atoms with Gasteiger partial charge in [-0.3, -0.25) is 4.79 Å². The van der Waals surface area contributed by atoms with Crippen molar-refractivity contribution in [3.05, 3.63) is 0 Å². The molecule has 98 valence electrons. The molecular weight excluding hydrogens is 216 g/mol. The van der Waals surface area contributed by atoms with Crippen molar-refractivity contribution >= 4 is 5.91 Å². The van der Waals surface area contributed by atoms with Gasteiger partial charge in [-0.05, 0) is 39.2 Å². The molecule has 4 heteroatoms. The molecule has 0 saturated carbocycles. The number of hydrogen-bond acceptors (Lipinski definition) is 3. The predicted octanol–water partition coefficient (Wildman–Crippen LogP) is 1.16. The molecule has 0 aromatic rings. The topological polar surface area (TPSA) is 41.6 Å². The lowest BCUT2D eigenvalue weighted by Crippen LogP contribution is -2.50. The fourth-order valence-electron chi connectivity index (χ4n) is 2.69. The molecule has 2 rings (SSSR count). The Bertz CT molecular complexity index is 246. The summed E-state index contributed by atoms with van der Waals surface area (Å²) in [6, 6.07) is 0.0464. The van der Waals surface area contributed by atoms with E-state index < -0.39 is 0 Å². The lowest BCUT2D eigenvalue weighted by molar-refractivity contribution is -0.135. The summed E-state index contributed by atoms with van der Waals surface area (Å²) in [4.78, 5) is 14.3. The first-order valence-electron chi connectivity index (χ1n) is 6.95. The Labute approximate surface area is 104 Å². The minimum Gasteiger partial charge on any atom is -0.376 e. The second-order valence-electron chi connectivity index (χ2n) is 5.01. The van der Waals surface area contributed by atoms with Crippen LogP contribution in [0, 0.1) is 0 Å². The van der Waals surface area contributed by atoms with Crippen molar-refractivity contribution in [1.29, 1.82) is 0 Å². The minimum atomic E-state index is 0.0464. The summed E-state index contributed by atoms with van der Waals surface area (Å²) < 4.78 is 5.61. The van der Waals surface area contributed by atoms with Crippen LogP contribution in [0.1, 0.15) is 39.0 Å². The van der Waals surface area contributed by atoms with Gasteiger partial charge in [0.05, 0.1) is 12.1 Å². The van der Waals surface area contributed by atoms with E-state index in [-0.39, 0.29) is 18.1 Å². The highest BCUT2D eigenvalue weighted by Gasteiger charge is 2.27. The van der Waals surface area contributed by atoms with Crippen LogP contribution in [-0.4, -0.2) is 49.2 Å². The summed E-state index contributed by atoms with van der Waals surface area (Å²) in [5, 5.41) is 3.33. The van der Waals surface area contributed by atoms with Gasteiger partial charge in [0.15, 0.2) is 0 Å². The summed E-state index contributed by atoms with van der Waals surface area (Å²) in [6.45, 7) is 5.45. The zero-order valence-electron chi connectivity index (χ0n) is 10.8. The molecule has 0 aromatic carbocycles. The molecular formula is C13H24N2O2. The van der Waals surface area contributed by atoms with E-state index in [4.69, 9.17) is 4.74 Å². The molecule has 2 unspecified atom stereocenters. The molecule has 2 aliphatic heterocycles. The predicted molar refractivity (Wildman–Crippen MR) is 66.9 cm³/mol. The molecule has 17 heavy (non-hydrogen) atoms. The van der Waals surface area contributed by atoms with Crippen molar-refractivity contribution in [2.45, 2.75) is 51.2 Å². The molecule has 4 nitrogen and oxygen atoms in total. The molecule has 2 saturated heterocycles. The minimum absolute atomic E-state index is 0.0464. The summed E-state index contributed by atoms with van der Waals surface area (Å²) in [7, 11) is 0. The first kappa shape index (κ1) is 12.8. The van der Waals surface area contributed by atoms with Gasteiger partial charge in [-0.1, -0.05) is 6.42 Å². The van der Waals surface area contributed by atoms with Gasteiger partial charge in [-0.15, -0.1) is 0 Å². The van der Waals surface area contributed by atoms with Crippen LogP contribution in [0.15, 0.2) is 0 Å². The molecule has 2 atom stereocenters. The monoisotopic (exact) mass is 240 g/mol. The van der Waals surface area contributed by atoms with Gasteiger partial charge >= 0.3 is 0 Å². The third-order valence-electron chi connectivity index (χ3n) is 3.75. The Hall–Kier alpha value is -0.610. The summed E-state index contributed by atoms with van der Waals surface area (Å²) in [5.74, 6) is 0.266. The standard InChI is InChI=1S/C13H24N2O2/c1-2-15(10-11-6-5-9-17-11)13(16)12-7-3-4-8-14-12/h11-12,14H,2-10H2,1H3. The van der Waals surface area contributed by atoms with E-state index in [2.05, 4.69) is 12.2 Å². The van der Waals surface area contributed by atoms with Crippen LogP contribution in [0.5, 0.6) is 0 Å². The maximum Gasteiger partial charge on any atom is 0.239 e. The zero-order valence-corrected chi connectivity index (χ0v) is 10.8. The molecule has 2 heterocycles. The van der Waals surface area contributed by atoms with E-state index >= 15 is 0 Å². The average Bonchev–Trinajstić information content (AvgIpc) is 2.89. The summed E-state index contributed by atoms with van der Waals surface area (Å²) in [5.41, 5.74) is 0. The summed E-state index contributed by atoms with van der Waals surface area (Å²) >= 11 is 0. The van der Waals surface area contributed by atoms with E-state index in [9.17, 15) is 4.79 Å². The second-order valence-corrected chi connectivity index (χ2v) is 5.01. The number of hydrogen-bond donors (Lipinski definition) is 1. The first-order chi connectivity index (χ1) is 8.31. The molecule has 0 aromatic heterocycles. The molecule has 1 N–H and O–H groups in total. The average molecular weight is 240 g/mol. The maximum atomic E-state index is 12.3. The number of amides is 1. The molecule has 2 aliphatic rings. The Morgan fingerprint density at radius 2 is 2.24 bits per heavy atom. The second kappa shape index (κ2) is 6.36. The number of piperidine rings is 1. The smallest absolute Gasteiger partial charge is 0.239 e. The van der Waals surface area contributed by atoms with Gasteiger partial charge in [0.25, 0.3) is 0 Å². The normalized spacial score (nSPS) is 29.2. The van der Waals surface area contributed by atoms with Crippen molar-refractivity contribution in [2.75, 3.05) is 26.2 Å². The van der Waals surface area contributed by atoms with Crippen molar-refractivity contribution in [2.24, 2.45) is 0 Å².